The summed E-state index contributed by atoms with van der Waals surface area (Å²) in [7, 11) is -4.24. The highest BCUT2D eigenvalue weighted by Crippen LogP contribution is 2.60. The van der Waals surface area contributed by atoms with Crippen molar-refractivity contribution in [3.05, 3.63) is 30.0 Å². The zero-order valence-corrected chi connectivity index (χ0v) is 25.2. The fourth-order valence-corrected chi connectivity index (χ4v) is 7.97. The Hall–Kier alpha value is -3.16. The second-order valence-electron chi connectivity index (χ2n) is 13.2. The number of carbonyl (C=O) groups excluding carboxylic acids is 2. The molecule has 2 amide bonds. The van der Waals surface area contributed by atoms with Gasteiger partial charge in [-0.05, 0) is 89.3 Å². The molecule has 234 valence electrons. The predicted molar refractivity (Wildman–Crippen MR) is 152 cm³/mol. The SMILES string of the molecule is CC1(C)CC2CCCn3ccc(n3)S(=O)(=O)NC(=O)c3ccc(N4CCC(CCCC5(C(F)(F)F)CC5)C4=O)nc3N1C2. The van der Waals surface area contributed by atoms with Gasteiger partial charge in [0.15, 0.2) is 5.03 Å². The van der Waals surface area contributed by atoms with Crippen molar-refractivity contribution in [2.24, 2.45) is 17.3 Å². The molecule has 0 radical (unpaired) electrons. The first-order valence-corrected chi connectivity index (χ1v) is 16.4. The van der Waals surface area contributed by atoms with Crippen molar-refractivity contribution < 1.29 is 31.2 Å². The molecule has 43 heavy (non-hydrogen) atoms. The highest BCUT2D eigenvalue weighted by Gasteiger charge is 2.62. The molecule has 4 bridgehead atoms. The molecule has 10 nitrogen and oxygen atoms in total. The second kappa shape index (κ2) is 10.5. The van der Waals surface area contributed by atoms with Crippen LogP contribution in [0.3, 0.4) is 0 Å². The third-order valence-electron chi connectivity index (χ3n) is 9.69. The summed E-state index contributed by atoms with van der Waals surface area (Å²) in [5, 5.41) is 3.90. The van der Waals surface area contributed by atoms with Crippen LogP contribution < -0.4 is 14.5 Å². The van der Waals surface area contributed by atoms with Crippen LogP contribution in [0.4, 0.5) is 24.8 Å². The molecular weight excluding hydrogens is 585 g/mol. The summed E-state index contributed by atoms with van der Waals surface area (Å²) >= 11 is 0. The predicted octanol–water partition coefficient (Wildman–Crippen LogP) is 4.66. The van der Waals surface area contributed by atoms with Gasteiger partial charge in [-0.15, -0.1) is 0 Å². The zero-order chi connectivity index (χ0) is 30.8. The first kappa shape index (κ1) is 29.9. The van der Waals surface area contributed by atoms with Gasteiger partial charge in [0.05, 0.1) is 11.0 Å². The summed E-state index contributed by atoms with van der Waals surface area (Å²) in [5.41, 5.74) is -1.90. The number of sulfonamides is 1. The lowest BCUT2D eigenvalue weighted by Gasteiger charge is -2.34. The average molecular weight is 623 g/mol. The van der Waals surface area contributed by atoms with Crippen LogP contribution in [0.15, 0.2) is 29.4 Å². The maximum Gasteiger partial charge on any atom is 0.394 e. The van der Waals surface area contributed by atoms with Crippen LogP contribution in [0.2, 0.25) is 0 Å². The van der Waals surface area contributed by atoms with Gasteiger partial charge in [-0.3, -0.25) is 19.2 Å². The lowest BCUT2D eigenvalue weighted by molar-refractivity contribution is -0.189. The van der Waals surface area contributed by atoms with Gasteiger partial charge in [-0.25, -0.2) is 9.71 Å². The quantitative estimate of drug-likeness (QED) is 0.516. The minimum atomic E-state index is -4.24. The van der Waals surface area contributed by atoms with Gasteiger partial charge in [-0.1, -0.05) is 6.42 Å². The number of carbonyl (C=O) groups is 2. The molecule has 14 heteroatoms. The van der Waals surface area contributed by atoms with Gasteiger partial charge >= 0.3 is 6.18 Å². The number of rotatable bonds is 5. The van der Waals surface area contributed by atoms with E-state index in [0.29, 0.717) is 56.5 Å². The maximum absolute atomic E-state index is 13.5. The van der Waals surface area contributed by atoms with Crippen LogP contribution in [-0.4, -0.2) is 59.8 Å². The molecule has 1 N–H and O–H groups in total. The molecule has 2 unspecified atom stereocenters. The molecule has 1 aliphatic carbocycles. The van der Waals surface area contributed by atoms with Crippen LogP contribution in [0.25, 0.3) is 0 Å². The minimum Gasteiger partial charge on any atom is -0.350 e. The minimum absolute atomic E-state index is 0.0425. The van der Waals surface area contributed by atoms with Crippen molar-refractivity contribution >= 4 is 33.5 Å². The number of fused-ring (bicyclic) bond motifs is 6. The molecule has 4 aliphatic rings. The number of anilines is 2. The van der Waals surface area contributed by atoms with E-state index in [1.807, 2.05) is 4.90 Å². The highest BCUT2D eigenvalue weighted by atomic mass is 32.2. The standard InChI is InChI=1S/C29H37F3N6O4S/c1-27(2)17-19-5-4-14-36-15-10-23(34-36)43(41,42)35-25(39)21-7-8-22(33-24(21)38(27)18-19)37-16-9-20(26(37)40)6-3-11-28(12-13-28)29(30,31)32/h7-8,10,15,19-20H,3-6,9,11-14,16-18H2,1-2H3,(H,35,39). The smallest absolute Gasteiger partial charge is 0.350 e. The van der Waals surface area contributed by atoms with E-state index in [4.69, 9.17) is 4.98 Å². The molecular formula is C29H37F3N6O4S. The topological polar surface area (TPSA) is 118 Å². The number of alkyl halides is 3. The number of amides is 2. The van der Waals surface area contributed by atoms with Crippen molar-refractivity contribution in [2.45, 2.75) is 94.9 Å². The summed E-state index contributed by atoms with van der Waals surface area (Å²) in [6.07, 6.45) is 1.50. The largest absolute Gasteiger partial charge is 0.394 e. The van der Waals surface area contributed by atoms with Crippen LogP contribution in [0, 0.1) is 17.3 Å². The molecule has 0 aromatic carbocycles. The second-order valence-corrected chi connectivity index (χ2v) is 14.8. The average Bonchev–Trinajstić information content (AvgIpc) is 3.25. The van der Waals surface area contributed by atoms with Crippen molar-refractivity contribution in [1.29, 1.82) is 0 Å². The highest BCUT2D eigenvalue weighted by molar-refractivity contribution is 7.90. The third kappa shape index (κ3) is 5.62. The summed E-state index contributed by atoms with van der Waals surface area (Å²) < 4.78 is 69.8. The molecule has 2 atom stereocenters. The van der Waals surface area contributed by atoms with E-state index in [1.165, 1.54) is 23.1 Å². The molecule has 3 aliphatic heterocycles. The lowest BCUT2D eigenvalue weighted by Crippen LogP contribution is -2.41. The summed E-state index contributed by atoms with van der Waals surface area (Å²) in [6.45, 7) is 5.64. The zero-order valence-electron chi connectivity index (χ0n) is 24.4. The van der Waals surface area contributed by atoms with Crippen molar-refractivity contribution in [2.75, 3.05) is 22.9 Å². The van der Waals surface area contributed by atoms with Gasteiger partial charge in [0.2, 0.25) is 5.91 Å². The fraction of sp³-hybridized carbons (Fsp3) is 0.655. The Morgan fingerprint density at radius 2 is 1.86 bits per heavy atom. The molecule has 1 saturated carbocycles. The molecule has 0 spiro atoms. The van der Waals surface area contributed by atoms with Crippen molar-refractivity contribution in [3.63, 3.8) is 0 Å². The van der Waals surface area contributed by atoms with Crippen molar-refractivity contribution in [1.82, 2.24) is 19.5 Å². The lowest BCUT2D eigenvalue weighted by atomic mass is 9.93. The Labute approximate surface area is 249 Å². The Morgan fingerprint density at radius 3 is 2.58 bits per heavy atom. The van der Waals surface area contributed by atoms with Crippen molar-refractivity contribution in [3.8, 4) is 0 Å². The number of nitrogens with one attached hydrogen (secondary N) is 1. The van der Waals surface area contributed by atoms with Gasteiger partial charge in [0, 0.05) is 37.3 Å². The van der Waals surface area contributed by atoms with E-state index in [2.05, 4.69) is 23.7 Å². The van der Waals surface area contributed by atoms with Crippen LogP contribution >= 0.6 is 0 Å². The number of aromatic nitrogens is 3. The van der Waals surface area contributed by atoms with E-state index in [1.54, 1.807) is 10.9 Å². The number of halogens is 3. The maximum atomic E-state index is 13.5. The van der Waals surface area contributed by atoms with E-state index in [-0.39, 0.29) is 41.7 Å². The molecule has 2 aromatic rings. The molecule has 6 rings (SSSR count). The summed E-state index contributed by atoms with van der Waals surface area (Å²) in [4.78, 5) is 35.2. The Kier molecular flexibility index (Phi) is 7.29. The first-order chi connectivity index (χ1) is 20.2. The van der Waals surface area contributed by atoms with Gasteiger partial charge in [-0.2, -0.15) is 26.7 Å². The Balaban J connectivity index is 1.27. The van der Waals surface area contributed by atoms with Crippen LogP contribution in [0.1, 0.15) is 82.0 Å². The molecule has 5 heterocycles. The van der Waals surface area contributed by atoms with E-state index >= 15 is 0 Å². The molecule has 3 fully saturated rings. The van der Waals surface area contributed by atoms with Gasteiger partial charge in [0.1, 0.15) is 11.6 Å². The number of hydrogen-bond acceptors (Lipinski definition) is 7. The third-order valence-corrected chi connectivity index (χ3v) is 10.9. The number of aryl methyl sites for hydroxylation is 1. The number of nitrogens with zero attached hydrogens (tertiary/aromatic N) is 5. The Morgan fingerprint density at radius 1 is 1.09 bits per heavy atom. The molecule has 2 aromatic heterocycles. The van der Waals surface area contributed by atoms with E-state index in [0.717, 1.165) is 19.3 Å². The number of pyridine rings is 1. The normalized spacial score (nSPS) is 26.2. The fourth-order valence-electron chi connectivity index (χ4n) is 7.05. The van der Waals surface area contributed by atoms with E-state index < -0.39 is 33.1 Å². The van der Waals surface area contributed by atoms with Gasteiger partial charge < -0.3 is 4.90 Å². The van der Waals surface area contributed by atoms with Crippen LogP contribution in [0.5, 0.6) is 0 Å². The Bertz CT molecular complexity index is 1530. The summed E-state index contributed by atoms with van der Waals surface area (Å²) in [6, 6.07) is 4.39. The van der Waals surface area contributed by atoms with E-state index in [9.17, 15) is 31.2 Å². The summed E-state index contributed by atoms with van der Waals surface area (Å²) in [5.74, 6) is -0.467. The first-order valence-electron chi connectivity index (χ1n) is 15.0. The van der Waals surface area contributed by atoms with Gasteiger partial charge in [0.25, 0.3) is 15.9 Å². The van der Waals surface area contributed by atoms with Crippen LogP contribution in [-0.2, 0) is 21.4 Å². The molecule has 2 saturated heterocycles. The number of hydrogen-bond donors (Lipinski definition) is 1. The monoisotopic (exact) mass is 622 g/mol.